The number of likely N-dealkylation sites (tertiary alicyclic amines) is 1. The second-order valence-electron chi connectivity index (χ2n) is 5.70. The molecule has 1 N–H and O–H groups in total. The summed E-state index contributed by atoms with van der Waals surface area (Å²) >= 11 is 0. The molecule has 1 aromatic rings. The molecule has 1 amide bonds. The van der Waals surface area contributed by atoms with E-state index in [2.05, 4.69) is 5.32 Å². The minimum Gasteiger partial charge on any atom is -0.338 e. The maximum absolute atomic E-state index is 13.9. The van der Waals surface area contributed by atoms with Gasteiger partial charge < -0.3 is 10.2 Å². The average molecular weight is 299 g/mol. The van der Waals surface area contributed by atoms with Crippen molar-refractivity contribution in [1.82, 2.24) is 10.2 Å². The normalized spacial score (nSPS) is 25.0. The molecule has 5 heteroatoms. The molecule has 2 saturated heterocycles. The zero-order valence-corrected chi connectivity index (χ0v) is 12.4. The van der Waals surface area contributed by atoms with Crippen LogP contribution in [0.3, 0.4) is 0 Å². The number of carbonyl (C=O) groups excluding carboxylic acids is 1. The number of hydrogen-bond acceptors (Lipinski definition) is 2. The molecule has 0 saturated carbocycles. The molecule has 2 aliphatic heterocycles. The van der Waals surface area contributed by atoms with Crippen LogP contribution in [0.5, 0.6) is 0 Å². The third-order valence-corrected chi connectivity index (χ3v) is 4.35. The second kappa shape index (κ2) is 6.10. The van der Waals surface area contributed by atoms with Crippen LogP contribution < -0.4 is 5.32 Å². The Morgan fingerprint density at radius 1 is 1.35 bits per heavy atom. The number of hydrogen-bond donors (Lipinski definition) is 1. The lowest BCUT2D eigenvalue weighted by Crippen LogP contribution is -2.43. The molecule has 0 aromatic heterocycles. The molecule has 2 unspecified atom stereocenters. The lowest BCUT2D eigenvalue weighted by Gasteiger charge is -2.34. The Balaban J connectivity index is 0.00000147. The van der Waals surface area contributed by atoms with Gasteiger partial charge >= 0.3 is 0 Å². The molecular formula is C15H20ClFN2O. The molecule has 3 rings (SSSR count). The Bertz CT molecular complexity index is 509. The van der Waals surface area contributed by atoms with Crippen LogP contribution >= 0.6 is 12.4 Å². The smallest absolute Gasteiger partial charge is 0.256 e. The summed E-state index contributed by atoms with van der Waals surface area (Å²) < 4.78 is 13.9. The van der Waals surface area contributed by atoms with E-state index in [0.717, 1.165) is 38.2 Å². The van der Waals surface area contributed by atoms with Gasteiger partial charge in [-0.2, -0.15) is 0 Å². The van der Waals surface area contributed by atoms with Crippen LogP contribution in [-0.4, -0.2) is 37.0 Å². The number of aryl methyl sites for hydroxylation is 1. The summed E-state index contributed by atoms with van der Waals surface area (Å²) in [5.41, 5.74) is 1.04. The van der Waals surface area contributed by atoms with Crippen molar-refractivity contribution < 1.29 is 9.18 Å². The molecule has 2 fully saturated rings. The number of benzene rings is 1. The maximum Gasteiger partial charge on any atom is 0.256 e. The molecule has 3 nitrogen and oxygen atoms in total. The van der Waals surface area contributed by atoms with Crippen LogP contribution in [0, 0.1) is 24.6 Å². The fourth-order valence-electron chi connectivity index (χ4n) is 3.18. The predicted molar refractivity (Wildman–Crippen MR) is 78.8 cm³/mol. The number of amides is 1. The molecule has 2 heterocycles. The molecule has 1 aromatic carbocycles. The Kier molecular flexibility index (Phi) is 4.66. The Hall–Kier alpha value is -1.13. The van der Waals surface area contributed by atoms with Gasteiger partial charge in [-0.1, -0.05) is 6.07 Å². The van der Waals surface area contributed by atoms with Crippen LogP contribution in [0.1, 0.15) is 22.3 Å². The van der Waals surface area contributed by atoms with Crippen LogP contribution in [0.4, 0.5) is 4.39 Å². The summed E-state index contributed by atoms with van der Waals surface area (Å²) in [6, 6.07) is 4.82. The lowest BCUT2D eigenvalue weighted by molar-refractivity contribution is 0.0638. The molecule has 0 aliphatic carbocycles. The first-order chi connectivity index (χ1) is 9.15. The zero-order chi connectivity index (χ0) is 13.4. The van der Waals surface area contributed by atoms with Gasteiger partial charge in [-0.3, -0.25) is 4.79 Å². The largest absolute Gasteiger partial charge is 0.338 e. The van der Waals surface area contributed by atoms with E-state index in [9.17, 15) is 9.18 Å². The molecule has 2 atom stereocenters. The lowest BCUT2D eigenvalue weighted by atomic mass is 9.88. The van der Waals surface area contributed by atoms with Gasteiger partial charge in [0.15, 0.2) is 0 Å². The Morgan fingerprint density at radius 3 is 2.85 bits per heavy atom. The first-order valence-electron chi connectivity index (χ1n) is 6.91. The van der Waals surface area contributed by atoms with Crippen LogP contribution in [0.2, 0.25) is 0 Å². The summed E-state index contributed by atoms with van der Waals surface area (Å²) in [7, 11) is 0. The van der Waals surface area contributed by atoms with Gasteiger partial charge in [-0.05, 0) is 56.0 Å². The highest BCUT2D eigenvalue weighted by Crippen LogP contribution is 2.27. The minimum absolute atomic E-state index is 0. The van der Waals surface area contributed by atoms with Crippen molar-refractivity contribution in [3.63, 3.8) is 0 Å². The monoisotopic (exact) mass is 298 g/mol. The van der Waals surface area contributed by atoms with E-state index in [4.69, 9.17) is 0 Å². The fourth-order valence-corrected chi connectivity index (χ4v) is 3.18. The maximum atomic E-state index is 13.9. The van der Waals surface area contributed by atoms with E-state index in [1.54, 1.807) is 12.1 Å². The summed E-state index contributed by atoms with van der Waals surface area (Å²) in [4.78, 5) is 14.2. The first-order valence-corrected chi connectivity index (χ1v) is 6.91. The second-order valence-corrected chi connectivity index (χ2v) is 5.70. The van der Waals surface area contributed by atoms with Crippen LogP contribution in [0.25, 0.3) is 0 Å². The molecule has 20 heavy (non-hydrogen) atoms. The molecular weight excluding hydrogens is 279 g/mol. The van der Waals surface area contributed by atoms with E-state index in [0.29, 0.717) is 11.8 Å². The van der Waals surface area contributed by atoms with E-state index in [-0.39, 0.29) is 23.9 Å². The third kappa shape index (κ3) is 2.81. The number of rotatable bonds is 1. The highest BCUT2D eigenvalue weighted by Gasteiger charge is 2.35. The van der Waals surface area contributed by atoms with Gasteiger partial charge in [0, 0.05) is 13.1 Å². The van der Waals surface area contributed by atoms with Gasteiger partial charge in [0.05, 0.1) is 5.56 Å². The van der Waals surface area contributed by atoms with Crippen molar-refractivity contribution in [2.24, 2.45) is 11.8 Å². The fraction of sp³-hybridized carbons (Fsp3) is 0.533. The Morgan fingerprint density at radius 2 is 2.10 bits per heavy atom. The van der Waals surface area contributed by atoms with Crippen molar-refractivity contribution >= 4 is 18.3 Å². The third-order valence-electron chi connectivity index (χ3n) is 4.35. The van der Waals surface area contributed by atoms with Crippen molar-refractivity contribution in [1.29, 1.82) is 0 Å². The topological polar surface area (TPSA) is 32.3 Å². The SMILES string of the molecule is Cc1ccc(C(=O)N2CCC3CNCC3C2)c(F)c1.Cl. The predicted octanol–water partition coefficient (Wildman–Crippen LogP) is 2.24. The van der Waals surface area contributed by atoms with Crippen LogP contribution in [-0.2, 0) is 0 Å². The Labute approximate surface area is 124 Å². The number of carbonyl (C=O) groups is 1. The van der Waals surface area contributed by atoms with E-state index >= 15 is 0 Å². The molecule has 0 spiro atoms. The molecule has 2 aliphatic rings. The van der Waals surface area contributed by atoms with Crippen molar-refractivity contribution in [2.75, 3.05) is 26.2 Å². The zero-order valence-electron chi connectivity index (χ0n) is 11.6. The first kappa shape index (κ1) is 15.3. The van der Waals surface area contributed by atoms with Gasteiger partial charge in [0.2, 0.25) is 0 Å². The molecule has 110 valence electrons. The van der Waals surface area contributed by atoms with E-state index in [1.165, 1.54) is 6.07 Å². The minimum atomic E-state index is -0.406. The summed E-state index contributed by atoms with van der Waals surface area (Å²) in [5.74, 6) is 0.651. The van der Waals surface area contributed by atoms with Gasteiger partial charge in [-0.25, -0.2) is 4.39 Å². The van der Waals surface area contributed by atoms with Crippen molar-refractivity contribution in [3.05, 3.63) is 35.1 Å². The van der Waals surface area contributed by atoms with Crippen molar-refractivity contribution in [2.45, 2.75) is 13.3 Å². The van der Waals surface area contributed by atoms with E-state index < -0.39 is 5.82 Å². The number of piperidine rings is 1. The molecule has 0 bridgehead atoms. The number of fused-ring (bicyclic) bond motifs is 1. The average Bonchev–Trinajstić information content (AvgIpc) is 2.85. The number of nitrogens with one attached hydrogen (secondary N) is 1. The van der Waals surface area contributed by atoms with Gasteiger partial charge in [0.1, 0.15) is 5.82 Å². The quantitative estimate of drug-likeness (QED) is 0.862. The summed E-state index contributed by atoms with van der Waals surface area (Å²) in [6.07, 6.45) is 1.02. The molecule has 0 radical (unpaired) electrons. The highest BCUT2D eigenvalue weighted by atomic mass is 35.5. The van der Waals surface area contributed by atoms with E-state index in [1.807, 2.05) is 11.8 Å². The standard InChI is InChI=1S/C15H19FN2O.ClH/c1-10-2-3-13(14(16)6-10)15(19)18-5-4-11-7-17-8-12(11)9-18;/h2-3,6,11-12,17H,4-5,7-9H2,1H3;1H. The van der Waals surface area contributed by atoms with Gasteiger partial charge in [-0.15, -0.1) is 12.4 Å². The number of nitrogens with zero attached hydrogens (tertiary/aromatic N) is 1. The summed E-state index contributed by atoms with van der Waals surface area (Å²) in [5, 5.41) is 3.37. The van der Waals surface area contributed by atoms with Gasteiger partial charge in [0.25, 0.3) is 5.91 Å². The highest BCUT2D eigenvalue weighted by molar-refractivity contribution is 5.94. The number of halogens is 2. The van der Waals surface area contributed by atoms with Crippen LogP contribution in [0.15, 0.2) is 18.2 Å². The summed E-state index contributed by atoms with van der Waals surface area (Å²) in [6.45, 7) is 5.36. The van der Waals surface area contributed by atoms with Crippen molar-refractivity contribution in [3.8, 4) is 0 Å².